The van der Waals surface area contributed by atoms with Gasteiger partial charge in [-0.2, -0.15) is 26.3 Å². The maximum atomic E-state index is 12.9. The second kappa shape index (κ2) is 5.81. The Morgan fingerprint density at radius 1 is 1.00 bits per heavy atom. The van der Waals surface area contributed by atoms with Gasteiger partial charge in [0, 0.05) is 0 Å². The van der Waals surface area contributed by atoms with Crippen LogP contribution in [0.5, 0.6) is 5.75 Å². The third-order valence-corrected chi connectivity index (χ3v) is 3.54. The molecule has 1 aromatic carbocycles. The first kappa shape index (κ1) is 18.3. The summed E-state index contributed by atoms with van der Waals surface area (Å²) in [6.45, 7) is 3.93. The van der Waals surface area contributed by atoms with Gasteiger partial charge in [-0.05, 0) is 43.5 Å². The van der Waals surface area contributed by atoms with E-state index in [-0.39, 0.29) is 5.75 Å². The molecule has 0 atom stereocenters. The van der Waals surface area contributed by atoms with E-state index in [4.69, 9.17) is 0 Å². The molecule has 124 valence electrons. The molecule has 2 nitrogen and oxygen atoms in total. The molecule has 0 heterocycles. The molecule has 0 aliphatic rings. The molecule has 0 saturated carbocycles. The van der Waals surface area contributed by atoms with Crippen molar-refractivity contribution in [2.24, 2.45) is 5.41 Å². The minimum atomic E-state index is -5.81. The quantitative estimate of drug-likeness (QED) is 0.455. The van der Waals surface area contributed by atoms with Gasteiger partial charge in [0.2, 0.25) is 0 Å². The standard InChI is InChI=1S/C14H14F6O2/c1-4-12(13(15,16)17,14(18,19)20)11(21)22-10-6-5-8(2)9(3)7-10/h5-7H,4H2,1-3H3. The lowest BCUT2D eigenvalue weighted by molar-refractivity contribution is -0.330. The molecule has 0 N–H and O–H groups in total. The molecule has 1 aromatic rings. The summed E-state index contributed by atoms with van der Waals surface area (Å²) >= 11 is 0. The van der Waals surface area contributed by atoms with E-state index in [2.05, 4.69) is 4.74 Å². The van der Waals surface area contributed by atoms with Gasteiger partial charge in [-0.1, -0.05) is 13.0 Å². The Hall–Kier alpha value is -1.73. The summed E-state index contributed by atoms with van der Waals surface area (Å²) in [5, 5.41) is 0. The summed E-state index contributed by atoms with van der Waals surface area (Å²) in [7, 11) is 0. The fourth-order valence-electron chi connectivity index (χ4n) is 1.91. The maximum absolute atomic E-state index is 12.9. The van der Waals surface area contributed by atoms with Crippen LogP contribution < -0.4 is 4.74 Å². The molecule has 0 unspecified atom stereocenters. The fourth-order valence-corrected chi connectivity index (χ4v) is 1.91. The normalized spacial score (nSPS) is 13.1. The van der Waals surface area contributed by atoms with Crippen molar-refractivity contribution >= 4 is 5.97 Å². The summed E-state index contributed by atoms with van der Waals surface area (Å²) in [4.78, 5) is 11.7. The van der Waals surface area contributed by atoms with Crippen LogP contribution in [0.1, 0.15) is 24.5 Å². The summed E-state index contributed by atoms with van der Waals surface area (Å²) < 4.78 is 82.1. The molecular formula is C14H14F6O2. The van der Waals surface area contributed by atoms with Crippen molar-refractivity contribution in [1.29, 1.82) is 0 Å². The van der Waals surface area contributed by atoms with Crippen molar-refractivity contribution in [3.05, 3.63) is 29.3 Å². The van der Waals surface area contributed by atoms with E-state index >= 15 is 0 Å². The predicted molar refractivity (Wildman–Crippen MR) is 66.4 cm³/mol. The van der Waals surface area contributed by atoms with Crippen molar-refractivity contribution in [2.75, 3.05) is 0 Å². The highest BCUT2D eigenvalue weighted by atomic mass is 19.4. The van der Waals surface area contributed by atoms with Crippen molar-refractivity contribution in [2.45, 2.75) is 39.5 Å². The van der Waals surface area contributed by atoms with Gasteiger partial charge in [0.15, 0.2) is 0 Å². The highest BCUT2D eigenvalue weighted by Crippen LogP contribution is 2.53. The van der Waals surface area contributed by atoms with Gasteiger partial charge < -0.3 is 4.74 Å². The zero-order valence-corrected chi connectivity index (χ0v) is 12.0. The Balaban J connectivity index is 3.27. The second-order valence-electron chi connectivity index (χ2n) is 4.89. The first-order valence-electron chi connectivity index (χ1n) is 6.29. The van der Waals surface area contributed by atoms with E-state index in [1.54, 1.807) is 13.8 Å². The Morgan fingerprint density at radius 2 is 1.50 bits per heavy atom. The Labute approximate surface area is 123 Å². The van der Waals surface area contributed by atoms with Gasteiger partial charge in [-0.15, -0.1) is 0 Å². The zero-order valence-electron chi connectivity index (χ0n) is 12.0. The highest BCUT2D eigenvalue weighted by Gasteiger charge is 2.75. The van der Waals surface area contributed by atoms with Crippen LogP contribution in [0.15, 0.2) is 18.2 Å². The number of alkyl halides is 6. The van der Waals surface area contributed by atoms with Crippen LogP contribution in [0.25, 0.3) is 0 Å². The van der Waals surface area contributed by atoms with Gasteiger partial charge in [-0.3, -0.25) is 4.79 Å². The van der Waals surface area contributed by atoms with E-state index in [0.29, 0.717) is 12.5 Å². The third-order valence-electron chi connectivity index (χ3n) is 3.54. The van der Waals surface area contributed by atoms with Crippen molar-refractivity contribution in [3.63, 3.8) is 0 Å². The maximum Gasteiger partial charge on any atom is 0.413 e. The van der Waals surface area contributed by atoms with E-state index < -0.39 is 30.2 Å². The summed E-state index contributed by atoms with van der Waals surface area (Å²) in [5.74, 6) is -2.74. The fraction of sp³-hybridized carbons (Fsp3) is 0.500. The highest BCUT2D eigenvalue weighted by molar-refractivity contribution is 5.81. The molecule has 0 fully saturated rings. The molecule has 0 bridgehead atoms. The Kier molecular flexibility index (Phi) is 4.84. The van der Waals surface area contributed by atoms with Crippen LogP contribution in [-0.2, 0) is 4.79 Å². The van der Waals surface area contributed by atoms with Crippen molar-refractivity contribution in [1.82, 2.24) is 0 Å². The number of rotatable bonds is 3. The van der Waals surface area contributed by atoms with Crippen LogP contribution in [-0.4, -0.2) is 18.3 Å². The average molecular weight is 328 g/mol. The minimum absolute atomic E-state index is 0.362. The van der Waals surface area contributed by atoms with Crippen molar-refractivity contribution in [3.8, 4) is 5.75 Å². The second-order valence-corrected chi connectivity index (χ2v) is 4.89. The molecule has 0 amide bonds. The van der Waals surface area contributed by atoms with Gasteiger partial charge in [-0.25, -0.2) is 0 Å². The lowest BCUT2D eigenvalue weighted by Gasteiger charge is -2.33. The van der Waals surface area contributed by atoms with E-state index in [1.165, 1.54) is 12.1 Å². The molecule has 1 rings (SSSR count). The first-order valence-corrected chi connectivity index (χ1v) is 6.29. The molecule has 0 spiro atoms. The predicted octanol–water partition coefficient (Wildman–Crippen LogP) is 4.73. The van der Waals surface area contributed by atoms with Gasteiger partial charge in [0.1, 0.15) is 5.75 Å². The summed E-state index contributed by atoms with van der Waals surface area (Å²) in [5.41, 5.74) is -3.21. The number of carbonyl (C=O) groups is 1. The number of halogens is 6. The molecule has 0 radical (unpaired) electrons. The number of esters is 1. The smallest absolute Gasteiger partial charge is 0.413 e. The van der Waals surface area contributed by atoms with Crippen LogP contribution in [0.4, 0.5) is 26.3 Å². The first-order chi connectivity index (χ1) is 9.86. The molecule has 0 aliphatic heterocycles. The van der Waals surface area contributed by atoms with E-state index in [1.807, 2.05) is 0 Å². The van der Waals surface area contributed by atoms with Gasteiger partial charge in [0.25, 0.3) is 5.41 Å². The number of hydrogen-bond donors (Lipinski definition) is 0. The molecular weight excluding hydrogens is 314 g/mol. The monoisotopic (exact) mass is 328 g/mol. The number of carbonyl (C=O) groups excluding carboxylic acids is 1. The molecule has 8 heteroatoms. The number of ether oxygens (including phenoxy) is 1. The average Bonchev–Trinajstić information content (AvgIpc) is 2.31. The third kappa shape index (κ3) is 3.05. The summed E-state index contributed by atoms with van der Waals surface area (Å²) in [6.07, 6.45) is -13.1. The van der Waals surface area contributed by atoms with Crippen LogP contribution in [0.3, 0.4) is 0 Å². The van der Waals surface area contributed by atoms with Crippen molar-refractivity contribution < 1.29 is 35.9 Å². The molecule has 0 saturated heterocycles. The number of hydrogen-bond acceptors (Lipinski definition) is 2. The van der Waals surface area contributed by atoms with Crippen LogP contribution >= 0.6 is 0 Å². The van der Waals surface area contributed by atoms with Crippen LogP contribution in [0, 0.1) is 19.3 Å². The SMILES string of the molecule is CCC(C(=O)Oc1ccc(C)c(C)c1)(C(F)(F)F)C(F)(F)F. The lowest BCUT2D eigenvalue weighted by atomic mass is 9.83. The minimum Gasteiger partial charge on any atom is -0.426 e. The molecule has 0 aliphatic carbocycles. The largest absolute Gasteiger partial charge is 0.426 e. The van der Waals surface area contributed by atoms with E-state index in [0.717, 1.165) is 11.6 Å². The topological polar surface area (TPSA) is 26.3 Å². The van der Waals surface area contributed by atoms with Gasteiger partial charge >= 0.3 is 18.3 Å². The lowest BCUT2D eigenvalue weighted by Crippen LogP contribution is -2.56. The van der Waals surface area contributed by atoms with Gasteiger partial charge in [0.05, 0.1) is 0 Å². The zero-order chi connectivity index (χ0) is 17.3. The summed E-state index contributed by atoms with van der Waals surface area (Å²) in [6, 6.07) is 3.79. The number of aryl methyl sites for hydroxylation is 2. The Bertz CT molecular complexity index is 545. The Morgan fingerprint density at radius 3 is 1.86 bits per heavy atom. The molecule has 22 heavy (non-hydrogen) atoms. The molecule has 0 aromatic heterocycles. The van der Waals surface area contributed by atoms with Crippen LogP contribution in [0.2, 0.25) is 0 Å². The number of benzene rings is 1. The van der Waals surface area contributed by atoms with E-state index in [9.17, 15) is 31.1 Å².